The predicted molar refractivity (Wildman–Crippen MR) is 37.5 cm³/mol. The number of carbonyl (C=O) groups is 1. The SMILES string of the molecule is CCCC.NC(=O)[S-].[Ag+]. The predicted octanol–water partition coefficient (Wildman–Crippen LogP) is 1.42. The maximum Gasteiger partial charge on any atom is 1.00 e. The quantitative estimate of drug-likeness (QED) is 0.558. The maximum atomic E-state index is 9.04. The van der Waals surface area contributed by atoms with Gasteiger partial charge in [-0.3, -0.25) is 0 Å². The van der Waals surface area contributed by atoms with Gasteiger partial charge in [-0.15, -0.1) is 0 Å². The second-order valence-electron chi connectivity index (χ2n) is 1.32. The zero-order valence-corrected chi connectivity index (χ0v) is 7.91. The van der Waals surface area contributed by atoms with Crippen LogP contribution in [0.2, 0.25) is 0 Å². The van der Waals surface area contributed by atoms with E-state index in [2.05, 4.69) is 32.2 Å². The molecular formula is C5H12AgNOS. The van der Waals surface area contributed by atoms with Crippen molar-refractivity contribution in [3.8, 4) is 0 Å². The minimum absolute atomic E-state index is 0. The third-order valence-corrected chi connectivity index (χ3v) is 0.500. The van der Waals surface area contributed by atoms with Crippen molar-refractivity contribution in [2.75, 3.05) is 0 Å². The monoisotopic (exact) mass is 241 g/mol. The van der Waals surface area contributed by atoms with Gasteiger partial charge in [-0.2, -0.15) is 0 Å². The molecule has 0 saturated carbocycles. The average Bonchev–Trinajstić information content (AvgIpc) is 1.65. The second kappa shape index (κ2) is 15.8. The fourth-order valence-corrected chi connectivity index (χ4v) is 0. The summed E-state index contributed by atoms with van der Waals surface area (Å²) in [6.07, 6.45) is 2.64. The van der Waals surface area contributed by atoms with Crippen molar-refractivity contribution < 1.29 is 27.2 Å². The third kappa shape index (κ3) is 170. The van der Waals surface area contributed by atoms with Crippen LogP contribution in [0.15, 0.2) is 0 Å². The summed E-state index contributed by atoms with van der Waals surface area (Å²) < 4.78 is 0. The van der Waals surface area contributed by atoms with E-state index in [0.29, 0.717) is 0 Å². The van der Waals surface area contributed by atoms with Crippen molar-refractivity contribution in [2.45, 2.75) is 26.7 Å². The molecule has 9 heavy (non-hydrogen) atoms. The standard InChI is InChI=1S/C4H10.CH3NOS.Ag/c1-3-4-2;2-1(3)4;/h3-4H2,1-2H3;(H3,2,3,4);/q;;+1/p-1. The summed E-state index contributed by atoms with van der Waals surface area (Å²) in [6, 6.07) is 0. The van der Waals surface area contributed by atoms with Crippen molar-refractivity contribution in [3.05, 3.63) is 0 Å². The van der Waals surface area contributed by atoms with Crippen LogP contribution in [-0.2, 0) is 35.0 Å². The first-order valence-corrected chi connectivity index (χ1v) is 3.02. The fourth-order valence-electron chi connectivity index (χ4n) is 0. The van der Waals surface area contributed by atoms with E-state index in [1.807, 2.05) is 0 Å². The van der Waals surface area contributed by atoms with E-state index < -0.39 is 5.24 Å². The van der Waals surface area contributed by atoms with E-state index in [4.69, 9.17) is 4.79 Å². The van der Waals surface area contributed by atoms with Crippen LogP contribution >= 0.6 is 0 Å². The van der Waals surface area contributed by atoms with Gasteiger partial charge in [0.2, 0.25) is 0 Å². The van der Waals surface area contributed by atoms with Crippen LogP contribution in [-0.4, -0.2) is 5.24 Å². The molecule has 0 radical (unpaired) electrons. The average molecular weight is 242 g/mol. The Hall–Kier alpha value is 0.430. The van der Waals surface area contributed by atoms with Gasteiger partial charge in [0.25, 0.3) is 0 Å². The van der Waals surface area contributed by atoms with Gasteiger partial charge in [0, 0.05) is 0 Å². The van der Waals surface area contributed by atoms with E-state index in [1.165, 1.54) is 12.8 Å². The summed E-state index contributed by atoms with van der Waals surface area (Å²) in [5.74, 6) is 0. The Labute approximate surface area is 77.5 Å². The molecule has 0 rings (SSSR count). The Morgan fingerprint density at radius 1 is 1.44 bits per heavy atom. The number of rotatable bonds is 1. The minimum atomic E-state index is -0.750. The smallest absolute Gasteiger partial charge is 0.719 e. The summed E-state index contributed by atoms with van der Waals surface area (Å²) in [7, 11) is 0. The first kappa shape index (κ1) is 16.2. The van der Waals surface area contributed by atoms with Crippen LogP contribution in [0.5, 0.6) is 0 Å². The molecular weight excluding hydrogens is 230 g/mol. The van der Waals surface area contributed by atoms with E-state index in [-0.39, 0.29) is 22.4 Å². The number of unbranched alkanes of at least 4 members (excludes halogenated alkanes) is 1. The van der Waals surface area contributed by atoms with Crippen LogP contribution in [0.4, 0.5) is 4.79 Å². The van der Waals surface area contributed by atoms with Crippen molar-refractivity contribution in [1.29, 1.82) is 0 Å². The van der Waals surface area contributed by atoms with Crippen LogP contribution in [0.3, 0.4) is 0 Å². The molecule has 0 heterocycles. The molecule has 0 spiro atoms. The van der Waals surface area contributed by atoms with E-state index in [0.717, 1.165) is 0 Å². The van der Waals surface area contributed by atoms with Gasteiger partial charge >= 0.3 is 22.4 Å². The Morgan fingerprint density at radius 2 is 1.56 bits per heavy atom. The zero-order chi connectivity index (χ0) is 6.99. The normalized spacial score (nSPS) is 6.00. The molecule has 0 atom stereocenters. The fraction of sp³-hybridized carbons (Fsp3) is 0.800. The first-order chi connectivity index (χ1) is 3.65. The third-order valence-electron chi connectivity index (χ3n) is 0.500. The van der Waals surface area contributed by atoms with Crippen molar-refractivity contribution in [1.82, 2.24) is 0 Å². The van der Waals surface area contributed by atoms with Crippen LogP contribution in [0.1, 0.15) is 26.7 Å². The summed E-state index contributed by atoms with van der Waals surface area (Å²) in [5, 5.41) is -0.750. The van der Waals surface area contributed by atoms with Gasteiger partial charge in [-0.1, -0.05) is 26.7 Å². The Balaban J connectivity index is -0.0000000720. The Bertz CT molecular complexity index is 54.9. The second-order valence-corrected chi connectivity index (χ2v) is 1.72. The summed E-state index contributed by atoms with van der Waals surface area (Å²) >= 11 is 3.76. The number of hydrogen-bond donors (Lipinski definition) is 1. The Kier molecular flexibility index (Phi) is 28.4. The molecule has 0 aromatic heterocycles. The number of nitrogens with two attached hydrogens (primary N) is 1. The topological polar surface area (TPSA) is 43.1 Å². The molecule has 60 valence electrons. The molecule has 0 fully saturated rings. The van der Waals surface area contributed by atoms with E-state index in [1.54, 1.807) is 0 Å². The van der Waals surface area contributed by atoms with Gasteiger partial charge in [0.1, 0.15) is 0 Å². The Morgan fingerprint density at radius 3 is 1.56 bits per heavy atom. The molecule has 0 bridgehead atoms. The van der Waals surface area contributed by atoms with E-state index in [9.17, 15) is 0 Å². The van der Waals surface area contributed by atoms with Crippen LogP contribution in [0.25, 0.3) is 0 Å². The van der Waals surface area contributed by atoms with Crippen LogP contribution < -0.4 is 5.73 Å². The largest absolute Gasteiger partial charge is 1.00 e. The molecule has 0 aliphatic heterocycles. The van der Waals surface area contributed by atoms with Gasteiger partial charge in [0.05, 0.1) is 5.24 Å². The molecule has 4 heteroatoms. The molecule has 0 aromatic carbocycles. The van der Waals surface area contributed by atoms with Crippen molar-refractivity contribution >= 4 is 17.9 Å². The molecule has 2 N–H and O–H groups in total. The number of amides is 1. The van der Waals surface area contributed by atoms with Gasteiger partial charge in [-0.25, -0.2) is 0 Å². The minimum Gasteiger partial charge on any atom is -0.719 e. The van der Waals surface area contributed by atoms with Gasteiger partial charge in [0.15, 0.2) is 0 Å². The first-order valence-electron chi connectivity index (χ1n) is 2.61. The molecule has 0 aliphatic carbocycles. The van der Waals surface area contributed by atoms with Crippen LogP contribution in [0, 0.1) is 0 Å². The molecule has 0 unspecified atom stereocenters. The number of primary amides is 1. The van der Waals surface area contributed by atoms with Gasteiger partial charge < -0.3 is 23.2 Å². The summed E-state index contributed by atoms with van der Waals surface area (Å²) in [6.45, 7) is 4.36. The summed E-state index contributed by atoms with van der Waals surface area (Å²) in [5.41, 5.74) is 4.29. The summed E-state index contributed by atoms with van der Waals surface area (Å²) in [4.78, 5) is 9.04. The number of carbonyl (C=O) groups excluding carboxylic acids is 1. The molecule has 0 aliphatic rings. The molecule has 2 nitrogen and oxygen atoms in total. The van der Waals surface area contributed by atoms with Crippen molar-refractivity contribution in [2.24, 2.45) is 5.73 Å². The molecule has 1 amide bonds. The molecule has 0 aromatic rings. The molecule has 0 saturated heterocycles. The van der Waals surface area contributed by atoms with Gasteiger partial charge in [-0.05, 0) is 0 Å². The maximum absolute atomic E-state index is 9.04. The number of hydrogen-bond acceptors (Lipinski definition) is 2. The van der Waals surface area contributed by atoms with Crippen molar-refractivity contribution in [3.63, 3.8) is 0 Å². The zero-order valence-electron chi connectivity index (χ0n) is 5.61. The van der Waals surface area contributed by atoms with E-state index >= 15 is 0 Å².